The highest BCUT2D eigenvalue weighted by atomic mass is 32.2. The van der Waals surface area contributed by atoms with Crippen LogP contribution in [0.5, 0.6) is 0 Å². The summed E-state index contributed by atoms with van der Waals surface area (Å²) < 4.78 is 28.4. The first-order chi connectivity index (χ1) is 14.1. The van der Waals surface area contributed by atoms with Crippen LogP contribution in [-0.2, 0) is 28.4 Å². The highest BCUT2D eigenvalue weighted by Gasteiger charge is 2.32. The number of urea groups is 1. The lowest BCUT2D eigenvalue weighted by molar-refractivity contribution is 0.0779. The van der Waals surface area contributed by atoms with Crippen LogP contribution in [0.15, 0.2) is 34.0 Å². The Morgan fingerprint density at radius 1 is 1.33 bits per heavy atom. The summed E-state index contributed by atoms with van der Waals surface area (Å²) in [6, 6.07) is 4.91. The summed E-state index contributed by atoms with van der Waals surface area (Å²) in [4.78, 5) is 12.8. The van der Waals surface area contributed by atoms with Crippen molar-refractivity contribution in [3.8, 4) is 0 Å². The minimum Gasteiger partial charge on any atom is -0.452 e. The van der Waals surface area contributed by atoms with E-state index in [0.717, 1.165) is 36.1 Å². The van der Waals surface area contributed by atoms with Gasteiger partial charge in [-0.15, -0.1) is 0 Å². The molecule has 1 saturated carbocycles. The number of carbonyl (C=O) groups is 1. The van der Waals surface area contributed by atoms with E-state index >= 15 is 0 Å². The minimum absolute atomic E-state index is 0.195. The van der Waals surface area contributed by atoms with Crippen LogP contribution in [0.3, 0.4) is 0 Å². The maximum atomic E-state index is 12.8. The molecule has 0 bridgehead atoms. The maximum Gasteiger partial charge on any atom is 0.332 e. The van der Waals surface area contributed by atoms with E-state index in [1.165, 1.54) is 30.7 Å². The van der Waals surface area contributed by atoms with Gasteiger partial charge in [0.05, 0.1) is 11.9 Å². The van der Waals surface area contributed by atoms with Crippen LogP contribution in [0.2, 0.25) is 0 Å². The average molecular weight is 432 g/mol. The van der Waals surface area contributed by atoms with Gasteiger partial charge >= 0.3 is 6.03 Å². The van der Waals surface area contributed by atoms with E-state index in [2.05, 4.69) is 29.1 Å². The van der Waals surface area contributed by atoms with Gasteiger partial charge in [-0.2, -0.15) is 0 Å². The molecule has 30 heavy (non-hydrogen) atoms. The number of nitrogens with one attached hydrogen (secondary N) is 3. The van der Waals surface area contributed by atoms with Crippen molar-refractivity contribution >= 4 is 21.6 Å². The zero-order valence-electron chi connectivity index (χ0n) is 17.6. The number of hydrogen-bond donors (Lipinski definition) is 4. The molecule has 1 unspecified atom stereocenters. The standard InChI is InChI=1S/C22H29N3O4S/c1-13(14-7-8-14)17-10-9-15-5-4-6-18(15)20(17)24-21(26)25-30(23,28)19-11-16(12-29-19)22(2,3)27/h9-14,27H,4-8H2,1-3H3,(H3,23,24,25,26,28)/t13-,30?/m1/s1. The van der Waals surface area contributed by atoms with Crippen molar-refractivity contribution in [1.29, 1.82) is 4.78 Å². The van der Waals surface area contributed by atoms with Gasteiger partial charge in [0, 0.05) is 17.3 Å². The Morgan fingerprint density at radius 3 is 2.70 bits per heavy atom. The smallest absolute Gasteiger partial charge is 0.332 e. The van der Waals surface area contributed by atoms with Gasteiger partial charge in [-0.3, -0.25) is 0 Å². The zero-order chi connectivity index (χ0) is 21.7. The highest BCUT2D eigenvalue weighted by molar-refractivity contribution is 7.91. The normalized spacial score (nSPS) is 19.1. The third-order valence-corrected chi connectivity index (χ3v) is 7.43. The van der Waals surface area contributed by atoms with E-state index in [-0.39, 0.29) is 5.09 Å². The lowest BCUT2D eigenvalue weighted by Crippen LogP contribution is -2.34. The fourth-order valence-electron chi connectivity index (χ4n) is 4.17. The predicted molar refractivity (Wildman–Crippen MR) is 115 cm³/mol. The molecule has 0 saturated heterocycles. The van der Waals surface area contributed by atoms with Crippen LogP contribution in [0.4, 0.5) is 10.5 Å². The van der Waals surface area contributed by atoms with Crippen LogP contribution >= 0.6 is 0 Å². The Bertz CT molecular complexity index is 1080. The molecule has 1 aromatic heterocycles. The summed E-state index contributed by atoms with van der Waals surface area (Å²) in [6.45, 7) is 5.31. The van der Waals surface area contributed by atoms with Crippen LogP contribution < -0.4 is 10.0 Å². The minimum atomic E-state index is -3.71. The SMILES string of the molecule is C[C@@H](c1ccc2c(c1NC(=O)NS(=N)(=O)c1cc(C(C)(C)O)co1)CCC2)C1CC1. The monoisotopic (exact) mass is 431 g/mol. The molecule has 4 N–H and O–H groups in total. The molecule has 2 aliphatic carbocycles. The lowest BCUT2D eigenvalue weighted by atomic mass is 9.91. The van der Waals surface area contributed by atoms with E-state index in [9.17, 15) is 14.1 Å². The fraction of sp³-hybridized carbons (Fsp3) is 0.500. The number of hydrogen-bond acceptors (Lipinski definition) is 5. The van der Waals surface area contributed by atoms with Crippen molar-refractivity contribution in [2.75, 3.05) is 5.32 Å². The Kier molecular flexibility index (Phi) is 5.18. The Labute approximate surface area is 177 Å². The van der Waals surface area contributed by atoms with Gasteiger partial charge in [-0.1, -0.05) is 19.1 Å². The molecule has 7 nitrogen and oxygen atoms in total. The first-order valence-electron chi connectivity index (χ1n) is 10.4. The topological polar surface area (TPSA) is 115 Å². The Balaban J connectivity index is 1.57. The van der Waals surface area contributed by atoms with Crippen LogP contribution in [0.1, 0.15) is 68.2 Å². The molecule has 2 aliphatic rings. The molecular formula is C22H29N3O4S. The number of amides is 2. The van der Waals surface area contributed by atoms with Gasteiger partial charge in [0.2, 0.25) is 5.09 Å². The molecule has 2 aromatic rings. The maximum absolute atomic E-state index is 12.8. The highest BCUT2D eigenvalue weighted by Crippen LogP contribution is 2.46. The molecule has 2 atom stereocenters. The van der Waals surface area contributed by atoms with E-state index in [0.29, 0.717) is 17.4 Å². The number of rotatable bonds is 6. The molecule has 4 rings (SSSR count). The molecule has 162 valence electrons. The van der Waals surface area contributed by atoms with Gasteiger partial charge in [0.1, 0.15) is 0 Å². The molecule has 0 aliphatic heterocycles. The largest absolute Gasteiger partial charge is 0.452 e. The fourth-order valence-corrected chi connectivity index (χ4v) is 5.06. The predicted octanol–water partition coefficient (Wildman–Crippen LogP) is 4.65. The molecule has 1 heterocycles. The van der Waals surface area contributed by atoms with Crippen LogP contribution in [-0.4, -0.2) is 15.3 Å². The molecule has 8 heteroatoms. The van der Waals surface area contributed by atoms with E-state index in [1.54, 1.807) is 13.8 Å². The summed E-state index contributed by atoms with van der Waals surface area (Å²) in [6.07, 6.45) is 6.60. The lowest BCUT2D eigenvalue weighted by Gasteiger charge is -2.20. The van der Waals surface area contributed by atoms with E-state index < -0.39 is 21.5 Å². The molecule has 1 fully saturated rings. The second kappa shape index (κ2) is 7.42. The summed E-state index contributed by atoms with van der Waals surface area (Å²) in [5.74, 6) is 0.975. The Morgan fingerprint density at radius 2 is 2.07 bits per heavy atom. The molecular weight excluding hydrogens is 402 g/mol. The van der Waals surface area contributed by atoms with E-state index in [4.69, 9.17) is 9.20 Å². The van der Waals surface area contributed by atoms with Gasteiger partial charge in [0.15, 0.2) is 9.92 Å². The number of furan rings is 1. The molecule has 0 spiro atoms. The second-order valence-corrected chi connectivity index (χ2v) is 10.7. The quantitative estimate of drug-likeness (QED) is 0.533. The molecule has 2 amide bonds. The van der Waals surface area contributed by atoms with Crippen molar-refractivity contribution in [1.82, 2.24) is 4.72 Å². The Hall–Kier alpha value is -2.32. The molecule has 1 aromatic carbocycles. The summed E-state index contributed by atoms with van der Waals surface area (Å²) in [5, 5.41) is 12.8. The third-order valence-electron chi connectivity index (χ3n) is 6.17. The number of benzene rings is 1. The van der Waals surface area contributed by atoms with Crippen molar-refractivity contribution in [3.63, 3.8) is 0 Å². The second-order valence-electron chi connectivity index (χ2n) is 8.97. The molecule has 0 radical (unpaired) electrons. The number of aliphatic hydroxyl groups is 1. The van der Waals surface area contributed by atoms with Crippen LogP contribution in [0, 0.1) is 10.7 Å². The van der Waals surface area contributed by atoms with E-state index in [1.807, 2.05) is 0 Å². The average Bonchev–Trinajstić information content (AvgIpc) is 3.16. The first kappa shape index (κ1) is 20.9. The number of aryl methyl sites for hydroxylation is 1. The van der Waals surface area contributed by atoms with Gasteiger partial charge in [0.25, 0.3) is 0 Å². The van der Waals surface area contributed by atoms with Crippen LogP contribution in [0.25, 0.3) is 0 Å². The summed E-state index contributed by atoms with van der Waals surface area (Å²) >= 11 is 0. The van der Waals surface area contributed by atoms with Crippen molar-refractivity contribution < 1.29 is 18.5 Å². The number of anilines is 1. The van der Waals surface area contributed by atoms with Gasteiger partial charge < -0.3 is 14.8 Å². The number of carbonyl (C=O) groups excluding carboxylic acids is 1. The van der Waals surface area contributed by atoms with Gasteiger partial charge in [-0.05, 0) is 74.5 Å². The summed E-state index contributed by atoms with van der Waals surface area (Å²) in [5.41, 5.74) is 3.48. The number of fused-ring (bicyclic) bond motifs is 1. The first-order valence-corrected chi connectivity index (χ1v) is 12.0. The van der Waals surface area contributed by atoms with Crippen molar-refractivity contribution in [2.24, 2.45) is 5.92 Å². The summed E-state index contributed by atoms with van der Waals surface area (Å²) in [7, 11) is -3.71. The van der Waals surface area contributed by atoms with Gasteiger partial charge in [-0.25, -0.2) is 18.5 Å². The van der Waals surface area contributed by atoms with Crippen molar-refractivity contribution in [3.05, 3.63) is 46.7 Å². The van der Waals surface area contributed by atoms with Crippen molar-refractivity contribution in [2.45, 2.75) is 69.5 Å². The zero-order valence-corrected chi connectivity index (χ0v) is 18.4. The third kappa shape index (κ3) is 4.11.